The lowest BCUT2D eigenvalue weighted by Crippen LogP contribution is -2.06. The van der Waals surface area contributed by atoms with E-state index in [1.165, 1.54) is 18.4 Å². The maximum atomic E-state index is 5.94. The van der Waals surface area contributed by atoms with Gasteiger partial charge in [0.2, 0.25) is 0 Å². The molecule has 0 saturated heterocycles. The van der Waals surface area contributed by atoms with E-state index in [9.17, 15) is 0 Å². The maximum Gasteiger partial charge on any atom is 0.0595 e. The van der Waals surface area contributed by atoms with E-state index in [2.05, 4.69) is 0 Å². The van der Waals surface area contributed by atoms with Crippen molar-refractivity contribution in [3.63, 3.8) is 0 Å². The first kappa shape index (κ1) is 10.6. The molecule has 0 nitrogen and oxygen atoms in total. The van der Waals surface area contributed by atoms with Gasteiger partial charge in [-0.3, -0.25) is 0 Å². The standard InChI is InChI=1S/C11H11Cl3/c12-7-11(3-4-11)6-8-1-2-9(13)10(14)5-8/h1-2,5H,3-4,6-7H2. The van der Waals surface area contributed by atoms with Crippen molar-refractivity contribution in [3.8, 4) is 0 Å². The smallest absolute Gasteiger partial charge is 0.0595 e. The summed E-state index contributed by atoms with van der Waals surface area (Å²) < 4.78 is 0. The van der Waals surface area contributed by atoms with Crippen LogP contribution in [0.15, 0.2) is 18.2 Å². The van der Waals surface area contributed by atoms with E-state index in [-0.39, 0.29) is 0 Å². The van der Waals surface area contributed by atoms with Gasteiger partial charge in [0.05, 0.1) is 10.0 Å². The van der Waals surface area contributed by atoms with Crippen LogP contribution in [-0.2, 0) is 6.42 Å². The van der Waals surface area contributed by atoms with Gasteiger partial charge in [0, 0.05) is 5.88 Å². The lowest BCUT2D eigenvalue weighted by molar-refractivity contribution is 0.578. The Morgan fingerprint density at radius 1 is 1.14 bits per heavy atom. The highest BCUT2D eigenvalue weighted by atomic mass is 35.5. The Balaban J connectivity index is 2.14. The van der Waals surface area contributed by atoms with Crippen molar-refractivity contribution in [2.45, 2.75) is 19.3 Å². The van der Waals surface area contributed by atoms with E-state index >= 15 is 0 Å². The average molecular weight is 250 g/mol. The minimum Gasteiger partial charge on any atom is -0.126 e. The van der Waals surface area contributed by atoms with Crippen molar-refractivity contribution >= 4 is 34.8 Å². The minimum atomic E-state index is 0.346. The van der Waals surface area contributed by atoms with Crippen LogP contribution in [-0.4, -0.2) is 5.88 Å². The van der Waals surface area contributed by atoms with Crippen molar-refractivity contribution in [2.75, 3.05) is 5.88 Å². The third kappa shape index (κ3) is 2.18. The quantitative estimate of drug-likeness (QED) is 0.689. The molecule has 0 aliphatic heterocycles. The average Bonchev–Trinajstić information content (AvgIpc) is 2.93. The summed E-state index contributed by atoms with van der Waals surface area (Å²) in [6, 6.07) is 5.82. The molecule has 1 fully saturated rings. The molecule has 1 aromatic carbocycles. The third-order valence-corrected chi connectivity index (χ3v) is 4.11. The van der Waals surface area contributed by atoms with Crippen LogP contribution in [0.1, 0.15) is 18.4 Å². The largest absolute Gasteiger partial charge is 0.126 e. The molecule has 0 spiro atoms. The molecule has 0 radical (unpaired) electrons. The molecule has 3 heteroatoms. The Bertz CT molecular complexity index is 342. The Hall–Kier alpha value is 0.0900. The van der Waals surface area contributed by atoms with Crippen molar-refractivity contribution in [1.82, 2.24) is 0 Å². The molecule has 0 N–H and O–H groups in total. The predicted molar refractivity (Wildman–Crippen MR) is 62.6 cm³/mol. The monoisotopic (exact) mass is 248 g/mol. The van der Waals surface area contributed by atoms with Gasteiger partial charge in [-0.15, -0.1) is 11.6 Å². The highest BCUT2D eigenvalue weighted by Crippen LogP contribution is 2.49. The number of benzene rings is 1. The second kappa shape index (κ2) is 3.92. The van der Waals surface area contributed by atoms with Crippen LogP contribution < -0.4 is 0 Å². The Labute approximate surface area is 99.2 Å². The van der Waals surface area contributed by atoms with E-state index in [4.69, 9.17) is 34.8 Å². The molecule has 1 saturated carbocycles. The van der Waals surface area contributed by atoms with Gasteiger partial charge >= 0.3 is 0 Å². The molecule has 0 unspecified atom stereocenters. The molecule has 0 amide bonds. The van der Waals surface area contributed by atoms with Crippen molar-refractivity contribution in [2.24, 2.45) is 5.41 Å². The zero-order valence-electron chi connectivity index (χ0n) is 7.69. The summed E-state index contributed by atoms with van der Waals surface area (Å²) in [7, 11) is 0. The predicted octanol–water partition coefficient (Wildman–Crippen LogP) is 4.55. The number of halogens is 3. The normalized spacial score (nSPS) is 18.2. The molecule has 2 rings (SSSR count). The number of alkyl halides is 1. The van der Waals surface area contributed by atoms with Gasteiger partial charge in [0.15, 0.2) is 0 Å². The summed E-state index contributed by atoms with van der Waals surface area (Å²) in [6.07, 6.45) is 3.49. The molecule has 1 aliphatic rings. The van der Waals surface area contributed by atoms with Crippen molar-refractivity contribution in [1.29, 1.82) is 0 Å². The molecule has 1 aliphatic carbocycles. The van der Waals surface area contributed by atoms with Gasteiger partial charge in [-0.2, -0.15) is 0 Å². The number of rotatable bonds is 3. The van der Waals surface area contributed by atoms with Crippen LogP contribution in [0, 0.1) is 5.41 Å². The van der Waals surface area contributed by atoms with Gasteiger partial charge in [0.1, 0.15) is 0 Å². The van der Waals surface area contributed by atoms with Gasteiger partial charge in [0.25, 0.3) is 0 Å². The summed E-state index contributed by atoms with van der Waals surface area (Å²) >= 11 is 17.7. The fourth-order valence-corrected chi connectivity index (χ4v) is 2.30. The van der Waals surface area contributed by atoms with E-state index in [1.807, 2.05) is 18.2 Å². The van der Waals surface area contributed by atoms with E-state index in [0.717, 1.165) is 12.3 Å². The highest BCUT2D eigenvalue weighted by Gasteiger charge is 2.41. The summed E-state index contributed by atoms with van der Waals surface area (Å²) in [6.45, 7) is 0. The first-order valence-electron chi connectivity index (χ1n) is 4.65. The minimum absolute atomic E-state index is 0.346. The van der Waals surface area contributed by atoms with E-state index in [1.54, 1.807) is 0 Å². The molecule has 0 bridgehead atoms. The van der Waals surface area contributed by atoms with Gasteiger partial charge in [-0.1, -0.05) is 29.3 Å². The second-order valence-electron chi connectivity index (χ2n) is 4.06. The van der Waals surface area contributed by atoms with Crippen LogP contribution in [0.3, 0.4) is 0 Å². The van der Waals surface area contributed by atoms with Crippen LogP contribution in [0.4, 0.5) is 0 Å². The number of hydrogen-bond acceptors (Lipinski definition) is 0. The summed E-state index contributed by atoms with van der Waals surface area (Å²) in [4.78, 5) is 0. The highest BCUT2D eigenvalue weighted by molar-refractivity contribution is 6.42. The maximum absolute atomic E-state index is 5.94. The van der Waals surface area contributed by atoms with Crippen LogP contribution in [0.5, 0.6) is 0 Å². The molecule has 14 heavy (non-hydrogen) atoms. The number of hydrogen-bond donors (Lipinski definition) is 0. The summed E-state index contributed by atoms with van der Waals surface area (Å²) in [5, 5.41) is 1.25. The van der Waals surface area contributed by atoms with Gasteiger partial charge in [-0.25, -0.2) is 0 Å². The van der Waals surface area contributed by atoms with Crippen molar-refractivity contribution in [3.05, 3.63) is 33.8 Å². The first-order chi connectivity index (χ1) is 6.65. The lowest BCUT2D eigenvalue weighted by atomic mass is 9.99. The first-order valence-corrected chi connectivity index (χ1v) is 5.94. The fraction of sp³-hybridized carbons (Fsp3) is 0.455. The van der Waals surface area contributed by atoms with Crippen LogP contribution in [0.25, 0.3) is 0 Å². The zero-order valence-corrected chi connectivity index (χ0v) is 9.96. The molecule has 0 heterocycles. The molecule has 1 aromatic rings. The van der Waals surface area contributed by atoms with Crippen LogP contribution in [0.2, 0.25) is 10.0 Å². The Morgan fingerprint density at radius 3 is 2.36 bits per heavy atom. The van der Waals surface area contributed by atoms with Crippen molar-refractivity contribution < 1.29 is 0 Å². The Kier molecular flexibility index (Phi) is 2.97. The van der Waals surface area contributed by atoms with Gasteiger partial charge < -0.3 is 0 Å². The molecular formula is C11H11Cl3. The van der Waals surface area contributed by atoms with Gasteiger partial charge in [-0.05, 0) is 42.4 Å². The van der Waals surface area contributed by atoms with Crippen LogP contribution >= 0.6 is 34.8 Å². The molecule has 76 valence electrons. The SMILES string of the molecule is ClCC1(Cc2ccc(Cl)c(Cl)c2)CC1. The molecular weight excluding hydrogens is 238 g/mol. The lowest BCUT2D eigenvalue weighted by Gasteiger charge is -2.11. The van der Waals surface area contributed by atoms with E-state index < -0.39 is 0 Å². The second-order valence-corrected chi connectivity index (χ2v) is 5.14. The Morgan fingerprint density at radius 2 is 1.86 bits per heavy atom. The van der Waals surface area contributed by atoms with E-state index in [0.29, 0.717) is 15.5 Å². The summed E-state index contributed by atoms with van der Waals surface area (Å²) in [5.74, 6) is 0.743. The topological polar surface area (TPSA) is 0 Å². The zero-order chi connectivity index (χ0) is 10.2. The summed E-state index contributed by atoms with van der Waals surface area (Å²) in [5.41, 5.74) is 1.58. The fourth-order valence-electron chi connectivity index (χ4n) is 1.62. The third-order valence-electron chi connectivity index (χ3n) is 2.80. The molecule has 0 aromatic heterocycles. The molecule has 0 atom stereocenters.